The minimum absolute atomic E-state index is 0.139. The van der Waals surface area contributed by atoms with Crippen LogP contribution in [0.2, 0.25) is 0 Å². The molecule has 0 unspecified atom stereocenters. The average molecular weight is 236 g/mol. The van der Waals surface area contributed by atoms with Crippen LogP contribution in [0.15, 0.2) is 50.8 Å². The van der Waals surface area contributed by atoms with Gasteiger partial charge in [-0.3, -0.25) is 4.79 Å². The van der Waals surface area contributed by atoms with E-state index in [1.165, 1.54) is 13.0 Å². The van der Waals surface area contributed by atoms with E-state index in [1.54, 1.807) is 30.3 Å². The first-order valence-electron chi connectivity index (χ1n) is 4.70. The summed E-state index contributed by atoms with van der Waals surface area (Å²) in [5.41, 5.74) is 0. The first-order chi connectivity index (χ1) is 7.66. The molecule has 2 aromatic rings. The van der Waals surface area contributed by atoms with Gasteiger partial charge >= 0.3 is 0 Å². The highest BCUT2D eigenvalue weighted by atomic mass is 32.2. The monoisotopic (exact) mass is 236 g/mol. The highest BCUT2D eigenvalue weighted by Crippen LogP contribution is 2.30. The number of halogens is 1. The van der Waals surface area contributed by atoms with Gasteiger partial charge in [0.05, 0.1) is 4.90 Å². The van der Waals surface area contributed by atoms with E-state index < -0.39 is 0 Å². The van der Waals surface area contributed by atoms with E-state index >= 15 is 0 Å². The Bertz CT molecular complexity index is 519. The zero-order valence-electron chi connectivity index (χ0n) is 8.57. The fourth-order valence-corrected chi connectivity index (χ4v) is 2.00. The van der Waals surface area contributed by atoms with Crippen LogP contribution >= 0.6 is 11.8 Å². The van der Waals surface area contributed by atoms with Crippen LogP contribution in [0.3, 0.4) is 0 Å². The lowest BCUT2D eigenvalue weighted by molar-refractivity contribution is 0.0982. The first kappa shape index (κ1) is 11.0. The topological polar surface area (TPSA) is 30.2 Å². The molecule has 0 fully saturated rings. The number of benzene rings is 1. The molecule has 16 heavy (non-hydrogen) atoms. The average Bonchev–Trinajstić information content (AvgIpc) is 2.70. The summed E-state index contributed by atoms with van der Waals surface area (Å²) in [6, 6.07) is 9.68. The van der Waals surface area contributed by atoms with Crippen molar-refractivity contribution in [3.05, 3.63) is 48.0 Å². The Morgan fingerprint density at radius 1 is 1.25 bits per heavy atom. The Labute approximate surface area is 96.5 Å². The summed E-state index contributed by atoms with van der Waals surface area (Å²) < 4.78 is 18.6. The molecule has 0 saturated heterocycles. The van der Waals surface area contributed by atoms with Crippen LogP contribution in [0.4, 0.5) is 4.39 Å². The summed E-state index contributed by atoms with van der Waals surface area (Å²) in [4.78, 5) is 11.5. The van der Waals surface area contributed by atoms with Gasteiger partial charge in [-0.1, -0.05) is 12.1 Å². The second-order valence-corrected chi connectivity index (χ2v) is 4.25. The van der Waals surface area contributed by atoms with Gasteiger partial charge in [-0.2, -0.15) is 0 Å². The molecule has 1 heterocycles. The number of Topliss-reactive ketones (excluding diaryl/α,β-unsaturated/α-hetero) is 1. The SMILES string of the molecule is CC(=O)c1ccc(Sc2ccccc2F)o1. The lowest BCUT2D eigenvalue weighted by Gasteiger charge is -1.98. The normalized spacial score (nSPS) is 10.4. The Hall–Kier alpha value is -1.55. The van der Waals surface area contributed by atoms with E-state index in [4.69, 9.17) is 4.42 Å². The smallest absolute Gasteiger partial charge is 0.194 e. The summed E-state index contributed by atoms with van der Waals surface area (Å²) in [6.45, 7) is 1.43. The molecular weight excluding hydrogens is 227 g/mol. The van der Waals surface area contributed by atoms with Crippen molar-refractivity contribution in [1.29, 1.82) is 0 Å². The Kier molecular flexibility index (Phi) is 3.10. The third kappa shape index (κ3) is 2.33. The van der Waals surface area contributed by atoms with Crippen LogP contribution in [0.25, 0.3) is 0 Å². The summed E-state index contributed by atoms with van der Waals surface area (Å²) in [6.07, 6.45) is 0. The molecule has 0 aliphatic carbocycles. The van der Waals surface area contributed by atoms with Gasteiger partial charge in [0.2, 0.25) is 0 Å². The van der Waals surface area contributed by atoms with E-state index in [1.807, 2.05) is 0 Å². The van der Waals surface area contributed by atoms with Crippen molar-refractivity contribution in [1.82, 2.24) is 0 Å². The van der Waals surface area contributed by atoms with Crippen LogP contribution in [-0.4, -0.2) is 5.78 Å². The third-order valence-corrected chi connectivity index (χ3v) is 2.95. The molecule has 0 saturated carbocycles. The number of furan rings is 1. The second kappa shape index (κ2) is 4.53. The maximum absolute atomic E-state index is 13.3. The van der Waals surface area contributed by atoms with Crippen molar-refractivity contribution in [3.63, 3.8) is 0 Å². The Balaban J connectivity index is 2.21. The van der Waals surface area contributed by atoms with Gasteiger partial charge in [-0.05, 0) is 36.0 Å². The number of rotatable bonds is 3. The van der Waals surface area contributed by atoms with E-state index in [-0.39, 0.29) is 11.6 Å². The minimum atomic E-state index is -0.298. The van der Waals surface area contributed by atoms with Crippen molar-refractivity contribution in [3.8, 4) is 0 Å². The molecule has 0 aliphatic rings. The molecule has 2 nitrogen and oxygen atoms in total. The molecule has 82 valence electrons. The maximum atomic E-state index is 13.3. The Morgan fingerprint density at radius 2 is 2.00 bits per heavy atom. The number of hydrogen-bond acceptors (Lipinski definition) is 3. The molecule has 0 bridgehead atoms. The molecule has 0 N–H and O–H groups in total. The highest BCUT2D eigenvalue weighted by molar-refractivity contribution is 7.99. The molecular formula is C12H9FO2S. The van der Waals surface area contributed by atoms with Crippen molar-refractivity contribution in [2.75, 3.05) is 0 Å². The second-order valence-electron chi connectivity index (χ2n) is 3.21. The van der Waals surface area contributed by atoms with Crippen LogP contribution in [-0.2, 0) is 0 Å². The Morgan fingerprint density at radius 3 is 2.62 bits per heavy atom. The third-order valence-electron chi connectivity index (χ3n) is 1.98. The minimum Gasteiger partial charge on any atom is -0.446 e. The van der Waals surface area contributed by atoms with Crippen molar-refractivity contribution >= 4 is 17.5 Å². The van der Waals surface area contributed by atoms with Crippen LogP contribution in [0.1, 0.15) is 17.5 Å². The molecule has 1 aromatic carbocycles. The molecule has 2 rings (SSSR count). The summed E-state index contributed by atoms with van der Waals surface area (Å²) >= 11 is 1.16. The largest absolute Gasteiger partial charge is 0.446 e. The summed E-state index contributed by atoms with van der Waals surface area (Å²) in [5.74, 6) is -0.146. The van der Waals surface area contributed by atoms with Crippen molar-refractivity contribution in [2.45, 2.75) is 16.9 Å². The quantitative estimate of drug-likeness (QED) is 0.760. The number of carbonyl (C=O) groups is 1. The zero-order valence-corrected chi connectivity index (χ0v) is 9.38. The van der Waals surface area contributed by atoms with Crippen LogP contribution in [0, 0.1) is 5.82 Å². The van der Waals surface area contributed by atoms with Crippen molar-refractivity contribution in [2.24, 2.45) is 0 Å². The standard InChI is InChI=1S/C12H9FO2S/c1-8(14)10-6-7-12(15-10)16-11-5-3-2-4-9(11)13/h2-7H,1H3. The molecule has 0 spiro atoms. The lowest BCUT2D eigenvalue weighted by Crippen LogP contribution is -1.85. The predicted molar refractivity (Wildman–Crippen MR) is 59.2 cm³/mol. The number of carbonyl (C=O) groups excluding carboxylic acids is 1. The van der Waals surface area contributed by atoms with E-state index in [2.05, 4.69) is 0 Å². The zero-order chi connectivity index (χ0) is 11.5. The number of hydrogen-bond donors (Lipinski definition) is 0. The molecule has 0 atom stereocenters. The lowest BCUT2D eigenvalue weighted by atomic mass is 10.3. The van der Waals surface area contributed by atoms with Crippen molar-refractivity contribution < 1.29 is 13.6 Å². The van der Waals surface area contributed by atoms with Gasteiger partial charge in [0, 0.05) is 6.92 Å². The van der Waals surface area contributed by atoms with Gasteiger partial charge in [0.1, 0.15) is 5.82 Å². The molecule has 1 aromatic heterocycles. The van der Waals surface area contributed by atoms with Crippen LogP contribution in [0.5, 0.6) is 0 Å². The van der Waals surface area contributed by atoms with E-state index in [0.29, 0.717) is 15.7 Å². The van der Waals surface area contributed by atoms with E-state index in [0.717, 1.165) is 11.8 Å². The van der Waals surface area contributed by atoms with Crippen LogP contribution < -0.4 is 0 Å². The first-order valence-corrected chi connectivity index (χ1v) is 5.51. The molecule has 0 radical (unpaired) electrons. The van der Waals surface area contributed by atoms with Gasteiger partial charge in [-0.15, -0.1) is 0 Å². The maximum Gasteiger partial charge on any atom is 0.194 e. The number of ketones is 1. The molecule has 4 heteroatoms. The molecule has 0 aliphatic heterocycles. The summed E-state index contributed by atoms with van der Waals surface area (Å²) in [7, 11) is 0. The fourth-order valence-electron chi connectivity index (χ4n) is 1.20. The summed E-state index contributed by atoms with van der Waals surface area (Å²) in [5, 5.41) is 0.510. The highest BCUT2D eigenvalue weighted by Gasteiger charge is 2.09. The van der Waals surface area contributed by atoms with E-state index in [9.17, 15) is 9.18 Å². The fraction of sp³-hybridized carbons (Fsp3) is 0.0833. The predicted octanol–water partition coefficient (Wildman–Crippen LogP) is 3.77. The van der Waals surface area contributed by atoms with Gasteiger partial charge in [0.15, 0.2) is 16.6 Å². The van der Waals surface area contributed by atoms with Gasteiger partial charge in [0.25, 0.3) is 0 Å². The van der Waals surface area contributed by atoms with Gasteiger partial charge < -0.3 is 4.42 Å². The molecule has 0 amide bonds. The van der Waals surface area contributed by atoms with Gasteiger partial charge in [-0.25, -0.2) is 4.39 Å².